The molecule has 0 radical (unpaired) electrons. The summed E-state index contributed by atoms with van der Waals surface area (Å²) in [5.74, 6) is -0.986. The first-order chi connectivity index (χ1) is 12.2. The minimum absolute atomic E-state index is 0.0566. The molecule has 0 atom stereocenters. The largest absolute Gasteiger partial charge is 0.428 e. The van der Waals surface area contributed by atoms with Crippen LogP contribution in [0.3, 0.4) is 0 Å². The zero-order chi connectivity index (χ0) is 18.6. The van der Waals surface area contributed by atoms with Gasteiger partial charge in [-0.05, 0) is 36.4 Å². The quantitative estimate of drug-likeness (QED) is 0.481. The molecular formula is C16H6ClF3N2O3S. The molecule has 2 heterocycles. The highest BCUT2D eigenvalue weighted by Gasteiger charge is 2.31. The molecule has 4 rings (SSSR count). The van der Waals surface area contributed by atoms with Crippen LogP contribution in [0.1, 0.15) is 5.56 Å². The van der Waals surface area contributed by atoms with Gasteiger partial charge in [0, 0.05) is 5.02 Å². The van der Waals surface area contributed by atoms with Gasteiger partial charge in [-0.3, -0.25) is 4.79 Å². The van der Waals surface area contributed by atoms with Crippen LogP contribution in [-0.2, 0) is 6.18 Å². The molecule has 2 aromatic heterocycles. The third-order valence-corrected chi connectivity index (χ3v) is 4.89. The Kier molecular flexibility index (Phi) is 3.67. The van der Waals surface area contributed by atoms with Gasteiger partial charge in [-0.2, -0.15) is 17.7 Å². The maximum atomic E-state index is 12.8. The Labute approximate surface area is 150 Å². The van der Waals surface area contributed by atoms with E-state index in [4.69, 9.17) is 16.0 Å². The fraction of sp³-hybridized carbons (Fsp3) is 0.0625. The fourth-order valence-electron chi connectivity index (χ4n) is 2.45. The molecule has 0 amide bonds. The lowest BCUT2D eigenvalue weighted by atomic mass is 10.2. The van der Waals surface area contributed by atoms with Gasteiger partial charge in [0.15, 0.2) is 0 Å². The van der Waals surface area contributed by atoms with Crippen molar-refractivity contribution in [1.82, 2.24) is 9.55 Å². The number of nitrogens with zero attached hydrogens (tertiary/aromatic N) is 2. The first-order valence-electron chi connectivity index (χ1n) is 7.07. The van der Waals surface area contributed by atoms with E-state index in [1.54, 1.807) is 0 Å². The number of benzene rings is 2. The summed E-state index contributed by atoms with van der Waals surface area (Å²) in [5, 5.41) is 0.251. The van der Waals surface area contributed by atoms with Gasteiger partial charge in [0.1, 0.15) is 5.58 Å². The zero-order valence-electron chi connectivity index (χ0n) is 12.5. The topological polar surface area (TPSA) is 65.1 Å². The molecule has 5 nitrogen and oxygen atoms in total. The van der Waals surface area contributed by atoms with Crippen LogP contribution in [-0.4, -0.2) is 9.55 Å². The summed E-state index contributed by atoms with van der Waals surface area (Å²) in [7, 11) is 0. The lowest BCUT2D eigenvalue weighted by molar-refractivity contribution is -0.137. The summed E-state index contributed by atoms with van der Waals surface area (Å²) in [4.78, 5) is 28.9. The van der Waals surface area contributed by atoms with E-state index in [-0.39, 0.29) is 31.3 Å². The van der Waals surface area contributed by atoms with Gasteiger partial charge in [-0.15, -0.1) is 0 Å². The monoisotopic (exact) mass is 398 g/mol. The third kappa shape index (κ3) is 2.69. The van der Waals surface area contributed by atoms with Crippen molar-refractivity contribution >= 4 is 44.1 Å². The average Bonchev–Trinajstić information content (AvgIpc) is 2.97. The van der Waals surface area contributed by atoms with Crippen LogP contribution in [0.15, 0.2) is 50.4 Å². The van der Waals surface area contributed by atoms with Gasteiger partial charge >= 0.3 is 11.9 Å². The number of rotatable bonds is 1. The molecular weight excluding hydrogens is 393 g/mol. The molecule has 0 aliphatic carbocycles. The van der Waals surface area contributed by atoms with Gasteiger partial charge in [-0.25, -0.2) is 9.78 Å². The number of fused-ring (bicyclic) bond motifs is 2. The van der Waals surface area contributed by atoms with E-state index in [2.05, 4.69) is 4.98 Å². The van der Waals surface area contributed by atoms with Crippen molar-refractivity contribution in [2.24, 2.45) is 0 Å². The first-order valence-corrected chi connectivity index (χ1v) is 8.27. The summed E-state index contributed by atoms with van der Waals surface area (Å²) in [6.45, 7) is 0. The Hall–Kier alpha value is -2.65. The van der Waals surface area contributed by atoms with E-state index in [9.17, 15) is 22.8 Å². The minimum atomic E-state index is -4.51. The number of alkyl halides is 3. The third-order valence-electron chi connectivity index (χ3n) is 3.65. The van der Waals surface area contributed by atoms with E-state index >= 15 is 0 Å². The normalized spacial score (nSPS) is 12.2. The number of aromatic nitrogens is 2. The van der Waals surface area contributed by atoms with Crippen molar-refractivity contribution in [1.29, 1.82) is 0 Å². The molecule has 0 spiro atoms. The van der Waals surface area contributed by atoms with E-state index in [1.807, 2.05) is 0 Å². The van der Waals surface area contributed by atoms with Crippen LogP contribution >= 0.6 is 22.9 Å². The summed E-state index contributed by atoms with van der Waals surface area (Å²) in [5.41, 5.74) is -1.27. The second-order valence-electron chi connectivity index (χ2n) is 5.33. The molecule has 0 bridgehead atoms. The molecule has 2 aromatic carbocycles. The fourth-order valence-corrected chi connectivity index (χ4v) is 3.62. The van der Waals surface area contributed by atoms with E-state index in [1.165, 1.54) is 24.3 Å². The molecule has 0 fully saturated rings. The van der Waals surface area contributed by atoms with Crippen LogP contribution in [0.2, 0.25) is 5.02 Å². The Morgan fingerprint density at radius 1 is 1.12 bits per heavy atom. The van der Waals surface area contributed by atoms with Crippen LogP contribution in [0.25, 0.3) is 26.3 Å². The molecule has 0 aliphatic heterocycles. The van der Waals surface area contributed by atoms with E-state index < -0.39 is 23.1 Å². The molecule has 0 saturated carbocycles. The minimum Gasteiger partial charge on any atom is -0.409 e. The van der Waals surface area contributed by atoms with Gasteiger partial charge in [0.05, 0.1) is 21.2 Å². The average molecular weight is 399 g/mol. The first kappa shape index (κ1) is 16.8. The summed E-state index contributed by atoms with van der Waals surface area (Å²) >= 11 is 6.65. The molecule has 0 aliphatic rings. The van der Waals surface area contributed by atoms with Gasteiger partial charge < -0.3 is 4.42 Å². The van der Waals surface area contributed by atoms with Crippen LogP contribution in [0.4, 0.5) is 13.2 Å². The number of thiazole rings is 1. The predicted octanol–water partition coefficient (Wildman–Crippen LogP) is 4.23. The lowest BCUT2D eigenvalue weighted by Gasteiger charge is -2.04. The smallest absolute Gasteiger partial charge is 0.409 e. The molecule has 0 N–H and O–H groups in total. The lowest BCUT2D eigenvalue weighted by Crippen LogP contribution is -2.30. The molecule has 0 saturated heterocycles. The van der Waals surface area contributed by atoms with Crippen LogP contribution in [0, 0.1) is 0 Å². The predicted molar refractivity (Wildman–Crippen MR) is 91.3 cm³/mol. The Balaban J connectivity index is 1.98. The summed E-state index contributed by atoms with van der Waals surface area (Å²) in [6, 6.07) is 7.18. The summed E-state index contributed by atoms with van der Waals surface area (Å²) in [6.07, 6.45) is -4.51. The van der Waals surface area contributed by atoms with Crippen LogP contribution < -0.4 is 11.3 Å². The summed E-state index contributed by atoms with van der Waals surface area (Å²) < 4.78 is 44.5. The molecule has 10 heteroatoms. The van der Waals surface area contributed by atoms with Gasteiger partial charge in [0.25, 0.3) is 5.56 Å². The Morgan fingerprint density at radius 2 is 1.88 bits per heavy atom. The highest BCUT2D eigenvalue weighted by atomic mass is 35.5. The SMILES string of the molecule is O=c1oc2ccc(Cl)cc2c(=O)n1-c1nc2ccc(C(F)(F)F)cc2s1. The van der Waals surface area contributed by atoms with Crippen LogP contribution in [0.5, 0.6) is 0 Å². The maximum Gasteiger partial charge on any atom is 0.428 e. The number of halogens is 4. The standard InChI is InChI=1S/C16H6ClF3N2O3S/c17-8-2-4-11-9(6-8)13(23)22(15(24)25-11)14-21-10-3-1-7(16(18,19)20)5-12(10)26-14/h1-6H. The van der Waals surface area contributed by atoms with Crippen molar-refractivity contribution < 1.29 is 17.6 Å². The molecule has 4 aromatic rings. The molecule has 0 unspecified atom stereocenters. The molecule has 132 valence electrons. The van der Waals surface area contributed by atoms with E-state index in [0.29, 0.717) is 4.57 Å². The number of hydrogen-bond acceptors (Lipinski definition) is 5. The molecule has 26 heavy (non-hydrogen) atoms. The Bertz CT molecular complexity index is 1290. The second-order valence-corrected chi connectivity index (χ2v) is 6.77. The van der Waals surface area contributed by atoms with Crippen molar-refractivity contribution in [3.63, 3.8) is 0 Å². The van der Waals surface area contributed by atoms with E-state index in [0.717, 1.165) is 23.5 Å². The maximum absolute atomic E-state index is 12.8. The van der Waals surface area contributed by atoms with Crippen molar-refractivity contribution in [2.45, 2.75) is 6.18 Å². The van der Waals surface area contributed by atoms with Gasteiger partial charge in [-0.1, -0.05) is 22.9 Å². The number of hydrogen-bond donors (Lipinski definition) is 0. The Morgan fingerprint density at radius 3 is 2.62 bits per heavy atom. The van der Waals surface area contributed by atoms with Crippen molar-refractivity contribution in [3.05, 3.63) is 67.9 Å². The van der Waals surface area contributed by atoms with Gasteiger partial charge in [0.2, 0.25) is 5.13 Å². The van der Waals surface area contributed by atoms with Crippen molar-refractivity contribution in [2.75, 3.05) is 0 Å². The van der Waals surface area contributed by atoms with Crippen molar-refractivity contribution in [3.8, 4) is 5.13 Å². The highest BCUT2D eigenvalue weighted by Crippen LogP contribution is 2.33. The zero-order valence-corrected chi connectivity index (χ0v) is 14.1. The second kappa shape index (κ2) is 5.68. The highest BCUT2D eigenvalue weighted by molar-refractivity contribution is 7.20.